The fraction of sp³-hybridized carbons (Fsp3) is 0.304. The van der Waals surface area contributed by atoms with Crippen LogP contribution >= 0.6 is 12.6 Å². The van der Waals surface area contributed by atoms with Crippen LogP contribution in [0.3, 0.4) is 0 Å². The molecule has 1 atom stereocenters. The van der Waals surface area contributed by atoms with Gasteiger partial charge in [-0.3, -0.25) is 9.36 Å². The predicted octanol–water partition coefficient (Wildman–Crippen LogP) is 3.26. The Kier molecular flexibility index (Phi) is 6.50. The summed E-state index contributed by atoms with van der Waals surface area (Å²) in [4.78, 5) is 39.4. The summed E-state index contributed by atoms with van der Waals surface area (Å²) in [5.41, 5.74) is 1.93. The fourth-order valence-electron chi connectivity index (χ4n) is 3.93. The summed E-state index contributed by atoms with van der Waals surface area (Å²) in [5.74, 6) is -0.661. The van der Waals surface area contributed by atoms with Crippen molar-refractivity contribution in [3.63, 3.8) is 0 Å². The van der Waals surface area contributed by atoms with E-state index in [1.807, 2.05) is 26.0 Å². The molecular formula is C23H25N3O4S. The van der Waals surface area contributed by atoms with Crippen molar-refractivity contribution in [3.05, 3.63) is 73.9 Å². The Bertz CT molecular complexity index is 1280. The molecule has 7 nitrogen and oxygen atoms in total. The Labute approximate surface area is 185 Å². The third-order valence-electron chi connectivity index (χ3n) is 5.33. The summed E-state index contributed by atoms with van der Waals surface area (Å²) in [6.07, 6.45) is 0.218. The minimum Gasteiger partial charge on any atom is -0.467 e. The molecular weight excluding hydrogens is 414 g/mol. The maximum Gasteiger partial charge on any atom is 0.332 e. The van der Waals surface area contributed by atoms with Crippen LogP contribution < -0.4 is 11.2 Å². The van der Waals surface area contributed by atoms with Gasteiger partial charge in [0.2, 0.25) is 0 Å². The van der Waals surface area contributed by atoms with Crippen LogP contribution in [0.15, 0.2) is 50.9 Å². The summed E-state index contributed by atoms with van der Waals surface area (Å²) >= 11 is 4.52. The monoisotopic (exact) mass is 439 g/mol. The largest absolute Gasteiger partial charge is 0.467 e. The number of aromatic nitrogens is 2. The number of nitrogens with one attached hydrogen (secondary N) is 1. The van der Waals surface area contributed by atoms with Crippen LogP contribution in [-0.2, 0) is 16.1 Å². The molecule has 0 amide bonds. The van der Waals surface area contributed by atoms with Crippen LogP contribution in [0.4, 0.5) is 0 Å². The zero-order chi connectivity index (χ0) is 22.9. The van der Waals surface area contributed by atoms with Crippen LogP contribution in [-0.4, -0.2) is 27.9 Å². The van der Waals surface area contributed by atoms with E-state index in [4.69, 9.17) is 10.1 Å². The molecule has 0 saturated carbocycles. The third-order valence-corrected chi connectivity index (χ3v) is 5.68. The van der Waals surface area contributed by atoms with Gasteiger partial charge in [0.25, 0.3) is 5.56 Å². The van der Waals surface area contributed by atoms with E-state index in [2.05, 4.69) is 12.6 Å². The molecule has 1 heterocycles. The van der Waals surface area contributed by atoms with Crippen molar-refractivity contribution >= 4 is 35.2 Å². The summed E-state index contributed by atoms with van der Waals surface area (Å²) in [6, 6.07) is 9.48. The molecule has 8 heteroatoms. The average Bonchev–Trinajstić information content (AvgIpc) is 2.72. The molecule has 0 fully saturated rings. The van der Waals surface area contributed by atoms with Crippen molar-refractivity contribution in [2.75, 3.05) is 7.11 Å². The number of ether oxygens (including phenoxy) is 1. The third kappa shape index (κ3) is 4.07. The number of carbonyl (C=O) groups excluding carboxylic acids is 1. The van der Waals surface area contributed by atoms with E-state index in [1.165, 1.54) is 11.7 Å². The molecule has 0 spiro atoms. The summed E-state index contributed by atoms with van der Waals surface area (Å²) in [5, 5.41) is 9.00. The van der Waals surface area contributed by atoms with Gasteiger partial charge in [-0.25, -0.2) is 14.2 Å². The fourth-order valence-corrected chi connectivity index (χ4v) is 4.45. The molecule has 162 valence electrons. The highest BCUT2D eigenvalue weighted by atomic mass is 32.1. The first-order valence-corrected chi connectivity index (χ1v) is 10.4. The van der Waals surface area contributed by atoms with E-state index in [0.29, 0.717) is 21.4 Å². The molecule has 0 radical (unpaired) electrons. The molecule has 0 aliphatic rings. The molecule has 0 aliphatic heterocycles. The van der Waals surface area contributed by atoms with Gasteiger partial charge in [-0.2, -0.15) is 0 Å². The first-order chi connectivity index (χ1) is 14.7. The summed E-state index contributed by atoms with van der Waals surface area (Å²) in [6.45, 7) is 5.47. The second kappa shape index (κ2) is 8.93. The molecule has 0 aliphatic carbocycles. The van der Waals surface area contributed by atoms with Crippen LogP contribution in [0, 0.1) is 19.3 Å². The van der Waals surface area contributed by atoms with Crippen molar-refractivity contribution in [2.45, 2.75) is 44.7 Å². The van der Waals surface area contributed by atoms with Gasteiger partial charge in [-0.1, -0.05) is 25.1 Å². The lowest BCUT2D eigenvalue weighted by molar-refractivity contribution is -0.144. The molecule has 3 aromatic rings. The number of thiol groups is 1. The number of carbonyl (C=O) groups is 1. The normalized spacial score (nSPS) is 12.0. The quantitative estimate of drug-likeness (QED) is 0.350. The van der Waals surface area contributed by atoms with Gasteiger partial charge in [0.05, 0.1) is 30.3 Å². The first-order valence-electron chi connectivity index (χ1n) is 9.91. The van der Waals surface area contributed by atoms with Gasteiger partial charge in [0.1, 0.15) is 6.04 Å². The molecule has 3 rings (SSSR count). The second-order valence-electron chi connectivity index (χ2n) is 7.46. The Morgan fingerprint density at radius 2 is 1.87 bits per heavy atom. The molecule has 1 aromatic heterocycles. The number of aryl methyl sites for hydroxylation is 2. The van der Waals surface area contributed by atoms with E-state index in [0.717, 1.165) is 15.7 Å². The Balaban J connectivity index is 2.26. The highest BCUT2D eigenvalue weighted by Crippen LogP contribution is 2.22. The number of rotatable bonds is 6. The molecule has 0 bridgehead atoms. The van der Waals surface area contributed by atoms with E-state index >= 15 is 0 Å². The van der Waals surface area contributed by atoms with Crippen molar-refractivity contribution in [3.8, 4) is 0 Å². The van der Waals surface area contributed by atoms with Gasteiger partial charge in [0, 0.05) is 10.5 Å². The first kappa shape index (κ1) is 22.6. The molecule has 2 aromatic carbocycles. The summed E-state index contributed by atoms with van der Waals surface area (Å²) < 4.78 is 7.11. The molecule has 31 heavy (non-hydrogen) atoms. The number of methoxy groups -OCH3 is 1. The minimum atomic E-state index is -1.04. The van der Waals surface area contributed by atoms with Crippen molar-refractivity contribution < 1.29 is 9.53 Å². The van der Waals surface area contributed by atoms with Gasteiger partial charge in [-0.05, 0) is 49.6 Å². The van der Waals surface area contributed by atoms with E-state index < -0.39 is 23.3 Å². The molecule has 0 saturated heterocycles. The number of hydrogen-bond donors (Lipinski definition) is 2. The van der Waals surface area contributed by atoms with Crippen LogP contribution in [0.5, 0.6) is 0 Å². The number of fused-ring (bicyclic) bond motifs is 1. The maximum absolute atomic E-state index is 13.4. The van der Waals surface area contributed by atoms with E-state index in [9.17, 15) is 14.4 Å². The highest BCUT2D eigenvalue weighted by Gasteiger charge is 2.26. The number of esters is 1. The van der Waals surface area contributed by atoms with Gasteiger partial charge in [-0.15, -0.1) is 12.6 Å². The van der Waals surface area contributed by atoms with Crippen molar-refractivity contribution in [2.24, 2.45) is 0 Å². The number of nitrogens with zero attached hydrogens (tertiary/aromatic N) is 2. The van der Waals surface area contributed by atoms with Gasteiger partial charge < -0.3 is 10.1 Å². The van der Waals surface area contributed by atoms with Crippen molar-refractivity contribution in [1.29, 1.82) is 5.41 Å². The van der Waals surface area contributed by atoms with Crippen molar-refractivity contribution in [1.82, 2.24) is 9.13 Å². The topological polar surface area (TPSA) is 94.2 Å². The van der Waals surface area contributed by atoms with Gasteiger partial charge >= 0.3 is 11.7 Å². The average molecular weight is 440 g/mol. The number of hydrogen-bond acceptors (Lipinski definition) is 6. The second-order valence-corrected chi connectivity index (χ2v) is 7.94. The predicted molar refractivity (Wildman–Crippen MR) is 124 cm³/mol. The van der Waals surface area contributed by atoms with E-state index in [1.54, 1.807) is 31.2 Å². The smallest absolute Gasteiger partial charge is 0.332 e. The van der Waals surface area contributed by atoms with E-state index in [-0.39, 0.29) is 18.7 Å². The number of benzene rings is 2. The van der Waals surface area contributed by atoms with Crippen LogP contribution in [0.1, 0.15) is 36.1 Å². The SMILES string of the molecule is CCC(C(=O)OC)n1c(=O)c2ccccc2n(CC(=N)c2c(C)cc(C)cc2S)c1=O. The minimum absolute atomic E-state index is 0.0747. The van der Waals surface area contributed by atoms with Gasteiger partial charge in [0.15, 0.2) is 0 Å². The zero-order valence-corrected chi connectivity index (χ0v) is 18.8. The lowest BCUT2D eigenvalue weighted by Gasteiger charge is -2.20. The summed E-state index contributed by atoms with van der Waals surface area (Å²) in [7, 11) is 1.22. The lowest BCUT2D eigenvalue weighted by Crippen LogP contribution is -2.45. The zero-order valence-electron chi connectivity index (χ0n) is 17.9. The molecule has 1 N–H and O–H groups in total. The Morgan fingerprint density at radius 1 is 1.19 bits per heavy atom. The standard InChI is InChI=1S/C23H25N3O4S/c1-5-17(22(28)30-4)26-21(27)15-8-6-7-9-18(15)25(23(26)29)12-16(24)20-14(3)10-13(2)11-19(20)31/h6-11,17,24,31H,5,12H2,1-4H3. The van der Waals surface area contributed by atoms with Crippen LogP contribution in [0.25, 0.3) is 10.9 Å². The molecule has 1 unspecified atom stereocenters. The lowest BCUT2D eigenvalue weighted by atomic mass is 10.0. The Hall–Kier alpha value is -3.13. The number of para-hydroxylation sites is 1. The highest BCUT2D eigenvalue weighted by molar-refractivity contribution is 7.80. The maximum atomic E-state index is 13.4. The van der Waals surface area contributed by atoms with Crippen LogP contribution in [0.2, 0.25) is 0 Å². The Morgan fingerprint density at radius 3 is 2.48 bits per heavy atom.